The topological polar surface area (TPSA) is 12.0 Å². The fourth-order valence-electron chi connectivity index (χ4n) is 2.61. The standard InChI is InChI=1S/C14H18F3N/c15-14(16,17)12-8-4-5-9-13(12)18-10-11-6-2-1-3-7-11/h1-3,6-7,12-13,18H,4-5,8-10H2. The number of alkyl halides is 3. The van der Waals surface area contributed by atoms with E-state index in [0.29, 0.717) is 19.4 Å². The van der Waals surface area contributed by atoms with Crippen LogP contribution in [0.15, 0.2) is 30.3 Å². The zero-order valence-electron chi connectivity index (χ0n) is 10.2. The molecule has 0 bridgehead atoms. The van der Waals surface area contributed by atoms with E-state index >= 15 is 0 Å². The molecule has 1 saturated carbocycles. The Labute approximate surface area is 105 Å². The molecule has 2 unspecified atom stereocenters. The Hall–Kier alpha value is -1.03. The van der Waals surface area contributed by atoms with Crippen LogP contribution in [0.25, 0.3) is 0 Å². The summed E-state index contributed by atoms with van der Waals surface area (Å²) in [6.07, 6.45) is -1.62. The summed E-state index contributed by atoms with van der Waals surface area (Å²) in [5, 5.41) is 3.07. The molecule has 1 nitrogen and oxygen atoms in total. The van der Waals surface area contributed by atoms with Gasteiger partial charge in [0.1, 0.15) is 0 Å². The lowest BCUT2D eigenvalue weighted by molar-refractivity contribution is -0.189. The molecule has 0 heterocycles. The average Bonchev–Trinajstić information content (AvgIpc) is 2.37. The van der Waals surface area contributed by atoms with Crippen LogP contribution in [0.3, 0.4) is 0 Å². The molecule has 0 aromatic heterocycles. The lowest BCUT2D eigenvalue weighted by atomic mass is 9.84. The largest absolute Gasteiger partial charge is 0.393 e. The van der Waals surface area contributed by atoms with Gasteiger partial charge in [0, 0.05) is 12.6 Å². The number of rotatable bonds is 3. The van der Waals surface area contributed by atoms with Crippen molar-refractivity contribution in [2.75, 3.05) is 0 Å². The monoisotopic (exact) mass is 257 g/mol. The summed E-state index contributed by atoms with van der Waals surface area (Å²) in [5.74, 6) is -1.19. The number of halogens is 3. The highest BCUT2D eigenvalue weighted by Gasteiger charge is 2.45. The molecule has 18 heavy (non-hydrogen) atoms. The predicted octanol–water partition coefficient (Wildman–Crippen LogP) is 3.90. The van der Waals surface area contributed by atoms with Gasteiger partial charge in [-0.1, -0.05) is 43.2 Å². The first-order chi connectivity index (χ1) is 8.57. The summed E-state index contributed by atoms with van der Waals surface area (Å²) in [6, 6.07) is 9.14. The molecule has 1 aliphatic rings. The summed E-state index contributed by atoms with van der Waals surface area (Å²) in [4.78, 5) is 0. The number of hydrogen-bond acceptors (Lipinski definition) is 1. The van der Waals surface area contributed by atoms with E-state index in [1.165, 1.54) is 0 Å². The van der Waals surface area contributed by atoms with Crippen molar-refractivity contribution in [1.29, 1.82) is 0 Å². The van der Waals surface area contributed by atoms with Gasteiger partial charge in [-0.15, -0.1) is 0 Å². The Morgan fingerprint density at radius 1 is 1.06 bits per heavy atom. The average molecular weight is 257 g/mol. The molecule has 1 N–H and O–H groups in total. The lowest BCUT2D eigenvalue weighted by Crippen LogP contribution is -2.45. The lowest BCUT2D eigenvalue weighted by Gasteiger charge is -2.33. The third-order valence-electron chi connectivity index (χ3n) is 3.60. The molecule has 0 spiro atoms. The number of nitrogens with one attached hydrogen (secondary N) is 1. The fourth-order valence-corrected chi connectivity index (χ4v) is 2.61. The third-order valence-corrected chi connectivity index (χ3v) is 3.60. The third kappa shape index (κ3) is 3.48. The predicted molar refractivity (Wildman–Crippen MR) is 65.1 cm³/mol. The van der Waals surface area contributed by atoms with Crippen LogP contribution >= 0.6 is 0 Å². The van der Waals surface area contributed by atoms with Crippen LogP contribution in [0, 0.1) is 5.92 Å². The van der Waals surface area contributed by atoms with Crippen molar-refractivity contribution in [3.63, 3.8) is 0 Å². The second-order valence-electron chi connectivity index (χ2n) is 4.91. The zero-order chi connectivity index (χ0) is 13.0. The van der Waals surface area contributed by atoms with Crippen LogP contribution in [0.1, 0.15) is 31.2 Å². The van der Waals surface area contributed by atoms with E-state index in [1.54, 1.807) is 0 Å². The minimum absolute atomic E-state index is 0.260. The van der Waals surface area contributed by atoms with E-state index in [2.05, 4.69) is 5.32 Å². The van der Waals surface area contributed by atoms with E-state index in [4.69, 9.17) is 0 Å². The maximum atomic E-state index is 12.9. The van der Waals surface area contributed by atoms with E-state index < -0.39 is 18.1 Å². The molecular weight excluding hydrogens is 239 g/mol. The first-order valence-electron chi connectivity index (χ1n) is 6.41. The van der Waals surface area contributed by atoms with Gasteiger partial charge in [-0.25, -0.2) is 0 Å². The first kappa shape index (κ1) is 13.4. The molecule has 2 rings (SSSR count). The first-order valence-corrected chi connectivity index (χ1v) is 6.41. The van der Waals surface area contributed by atoms with Crippen LogP contribution in [-0.2, 0) is 6.54 Å². The van der Waals surface area contributed by atoms with Crippen molar-refractivity contribution in [3.05, 3.63) is 35.9 Å². The highest BCUT2D eigenvalue weighted by atomic mass is 19.4. The quantitative estimate of drug-likeness (QED) is 0.866. The Kier molecular flexibility index (Phi) is 4.27. The molecular formula is C14H18F3N. The van der Waals surface area contributed by atoms with Gasteiger partial charge in [-0.2, -0.15) is 13.2 Å². The normalized spacial score (nSPS) is 25.1. The van der Waals surface area contributed by atoms with Gasteiger partial charge >= 0.3 is 6.18 Å². The molecule has 1 aromatic carbocycles. The highest BCUT2D eigenvalue weighted by molar-refractivity contribution is 5.14. The number of hydrogen-bond donors (Lipinski definition) is 1. The minimum Gasteiger partial charge on any atom is -0.309 e. The molecule has 0 aliphatic heterocycles. The molecule has 0 amide bonds. The molecule has 100 valence electrons. The van der Waals surface area contributed by atoms with E-state index in [-0.39, 0.29) is 6.42 Å². The minimum atomic E-state index is -4.07. The molecule has 4 heteroatoms. The SMILES string of the molecule is FC(F)(F)C1CCCCC1NCc1ccccc1. The molecule has 2 atom stereocenters. The van der Waals surface area contributed by atoms with Crippen molar-refractivity contribution in [1.82, 2.24) is 5.32 Å². The van der Waals surface area contributed by atoms with Crippen LogP contribution < -0.4 is 5.32 Å². The molecule has 0 radical (unpaired) electrons. The van der Waals surface area contributed by atoms with Crippen molar-refractivity contribution in [2.24, 2.45) is 5.92 Å². The number of benzene rings is 1. The van der Waals surface area contributed by atoms with Gasteiger partial charge in [0.25, 0.3) is 0 Å². The van der Waals surface area contributed by atoms with Crippen LogP contribution in [0.2, 0.25) is 0 Å². The summed E-state index contributed by atoms with van der Waals surface area (Å²) < 4.78 is 38.6. The van der Waals surface area contributed by atoms with Gasteiger partial charge in [-0.3, -0.25) is 0 Å². The van der Waals surface area contributed by atoms with Crippen LogP contribution in [0.4, 0.5) is 13.2 Å². The molecule has 1 aromatic rings. The second-order valence-corrected chi connectivity index (χ2v) is 4.91. The maximum absolute atomic E-state index is 12.9. The van der Waals surface area contributed by atoms with E-state index in [0.717, 1.165) is 12.0 Å². The summed E-state index contributed by atoms with van der Waals surface area (Å²) in [7, 11) is 0. The van der Waals surface area contributed by atoms with Crippen LogP contribution in [0.5, 0.6) is 0 Å². The van der Waals surface area contributed by atoms with Gasteiger partial charge in [0.15, 0.2) is 0 Å². The summed E-state index contributed by atoms with van der Waals surface area (Å²) in [5.41, 5.74) is 1.03. The van der Waals surface area contributed by atoms with Crippen molar-refractivity contribution in [3.8, 4) is 0 Å². The van der Waals surface area contributed by atoms with E-state index in [1.807, 2.05) is 30.3 Å². The maximum Gasteiger partial charge on any atom is 0.393 e. The van der Waals surface area contributed by atoms with Gasteiger partial charge < -0.3 is 5.32 Å². The molecule has 1 aliphatic carbocycles. The van der Waals surface area contributed by atoms with Gasteiger partial charge in [-0.05, 0) is 18.4 Å². The van der Waals surface area contributed by atoms with E-state index in [9.17, 15) is 13.2 Å². The molecule has 0 saturated heterocycles. The Morgan fingerprint density at radius 3 is 2.39 bits per heavy atom. The summed E-state index contributed by atoms with van der Waals surface area (Å²) in [6.45, 7) is 0.512. The van der Waals surface area contributed by atoms with Crippen molar-refractivity contribution >= 4 is 0 Å². The second kappa shape index (κ2) is 5.74. The zero-order valence-corrected chi connectivity index (χ0v) is 10.2. The Bertz CT molecular complexity index is 361. The van der Waals surface area contributed by atoms with Gasteiger partial charge in [0.05, 0.1) is 5.92 Å². The highest BCUT2D eigenvalue weighted by Crippen LogP contribution is 2.37. The smallest absolute Gasteiger partial charge is 0.309 e. The van der Waals surface area contributed by atoms with Crippen molar-refractivity contribution in [2.45, 2.75) is 44.4 Å². The van der Waals surface area contributed by atoms with Crippen molar-refractivity contribution < 1.29 is 13.2 Å². The fraction of sp³-hybridized carbons (Fsp3) is 0.571. The summed E-state index contributed by atoms with van der Waals surface area (Å²) >= 11 is 0. The Balaban J connectivity index is 1.94. The van der Waals surface area contributed by atoms with Crippen LogP contribution in [-0.4, -0.2) is 12.2 Å². The van der Waals surface area contributed by atoms with Gasteiger partial charge in [0.2, 0.25) is 0 Å². The Morgan fingerprint density at radius 2 is 1.72 bits per heavy atom. The molecule has 1 fully saturated rings.